The van der Waals surface area contributed by atoms with E-state index in [4.69, 9.17) is 0 Å². The lowest BCUT2D eigenvalue weighted by molar-refractivity contribution is 1.21. The van der Waals surface area contributed by atoms with Crippen LogP contribution in [0, 0.1) is 0 Å². The zero-order valence-electron chi connectivity index (χ0n) is 10.9. The van der Waals surface area contributed by atoms with Crippen molar-refractivity contribution in [1.82, 2.24) is 4.98 Å². The predicted molar refractivity (Wildman–Crippen MR) is 80.7 cm³/mol. The van der Waals surface area contributed by atoms with Crippen LogP contribution < -0.4 is 4.90 Å². The van der Waals surface area contributed by atoms with Gasteiger partial charge in [0.1, 0.15) is 0 Å². The number of H-pyrrole nitrogens is 1. The third-order valence-corrected chi connectivity index (χ3v) is 3.29. The topological polar surface area (TPSA) is 19.0 Å². The van der Waals surface area contributed by atoms with Gasteiger partial charge in [-0.2, -0.15) is 0 Å². The van der Waals surface area contributed by atoms with E-state index < -0.39 is 0 Å². The van der Waals surface area contributed by atoms with Crippen molar-refractivity contribution < 1.29 is 0 Å². The first kappa shape index (κ1) is 11.6. The zero-order valence-corrected chi connectivity index (χ0v) is 10.9. The molecule has 1 heterocycles. The summed E-state index contributed by atoms with van der Waals surface area (Å²) in [6.45, 7) is 0. The Balaban J connectivity index is 1.96. The maximum absolute atomic E-state index is 3.24. The van der Waals surface area contributed by atoms with Crippen molar-refractivity contribution in [3.63, 3.8) is 0 Å². The number of aromatic amines is 1. The van der Waals surface area contributed by atoms with Crippen LogP contribution in [0.3, 0.4) is 0 Å². The average Bonchev–Trinajstić information content (AvgIpc) is 3.02. The SMILES string of the molecule is CN(c1ccccc1)c1cccc(-c2ccc[nH]2)c1. The van der Waals surface area contributed by atoms with Crippen molar-refractivity contribution in [2.45, 2.75) is 0 Å². The van der Waals surface area contributed by atoms with E-state index in [1.165, 1.54) is 16.9 Å². The summed E-state index contributed by atoms with van der Waals surface area (Å²) < 4.78 is 0. The third-order valence-electron chi connectivity index (χ3n) is 3.29. The number of anilines is 2. The molecular formula is C17H16N2. The number of para-hydroxylation sites is 1. The van der Waals surface area contributed by atoms with Crippen LogP contribution in [-0.2, 0) is 0 Å². The number of rotatable bonds is 3. The number of nitrogens with zero attached hydrogens (tertiary/aromatic N) is 1. The molecule has 0 spiro atoms. The minimum absolute atomic E-state index is 1.14. The Labute approximate surface area is 113 Å². The molecule has 2 heteroatoms. The number of benzene rings is 2. The standard InChI is InChI=1S/C17H16N2/c1-19(15-8-3-2-4-9-15)16-10-5-7-14(13-16)17-11-6-12-18-17/h2-13,18H,1H3. The number of nitrogens with one attached hydrogen (secondary N) is 1. The summed E-state index contributed by atoms with van der Waals surface area (Å²) in [6.07, 6.45) is 1.95. The molecule has 0 fully saturated rings. The number of hydrogen-bond donors (Lipinski definition) is 1. The van der Waals surface area contributed by atoms with E-state index in [-0.39, 0.29) is 0 Å². The van der Waals surface area contributed by atoms with Crippen molar-refractivity contribution in [2.24, 2.45) is 0 Å². The molecule has 0 radical (unpaired) electrons. The third kappa shape index (κ3) is 2.38. The van der Waals surface area contributed by atoms with Gasteiger partial charge in [0.25, 0.3) is 0 Å². The largest absolute Gasteiger partial charge is 0.361 e. The van der Waals surface area contributed by atoms with E-state index in [9.17, 15) is 0 Å². The van der Waals surface area contributed by atoms with Gasteiger partial charge in [0.2, 0.25) is 0 Å². The van der Waals surface area contributed by atoms with Crippen molar-refractivity contribution in [2.75, 3.05) is 11.9 Å². The van der Waals surface area contributed by atoms with E-state index in [1.807, 2.05) is 18.3 Å². The average molecular weight is 248 g/mol. The van der Waals surface area contributed by atoms with Crippen LogP contribution >= 0.6 is 0 Å². The molecule has 0 unspecified atom stereocenters. The van der Waals surface area contributed by atoms with Crippen LogP contribution in [0.15, 0.2) is 72.9 Å². The Kier molecular flexibility index (Phi) is 3.07. The van der Waals surface area contributed by atoms with Crippen LogP contribution in [0.1, 0.15) is 0 Å². The summed E-state index contributed by atoms with van der Waals surface area (Å²) in [5.74, 6) is 0. The molecule has 0 amide bonds. The van der Waals surface area contributed by atoms with Gasteiger partial charge in [0, 0.05) is 30.3 Å². The highest BCUT2D eigenvalue weighted by Gasteiger charge is 2.05. The van der Waals surface area contributed by atoms with E-state index in [0.717, 1.165) is 5.69 Å². The molecule has 0 bridgehead atoms. The smallest absolute Gasteiger partial charge is 0.0454 e. The Morgan fingerprint density at radius 1 is 0.789 bits per heavy atom. The number of aromatic nitrogens is 1. The molecule has 0 saturated heterocycles. The quantitative estimate of drug-likeness (QED) is 0.725. The van der Waals surface area contributed by atoms with Crippen LogP contribution in [0.5, 0.6) is 0 Å². The second kappa shape index (κ2) is 5.02. The van der Waals surface area contributed by atoms with Crippen LogP contribution in [0.25, 0.3) is 11.3 Å². The Morgan fingerprint density at radius 3 is 2.32 bits per heavy atom. The minimum atomic E-state index is 1.14. The van der Waals surface area contributed by atoms with E-state index in [0.29, 0.717) is 0 Å². The van der Waals surface area contributed by atoms with Gasteiger partial charge >= 0.3 is 0 Å². The Bertz CT molecular complexity index is 642. The van der Waals surface area contributed by atoms with Crippen molar-refractivity contribution in [3.8, 4) is 11.3 Å². The molecule has 0 aliphatic heterocycles. The van der Waals surface area contributed by atoms with E-state index in [2.05, 4.69) is 71.5 Å². The van der Waals surface area contributed by atoms with Gasteiger partial charge in [-0.25, -0.2) is 0 Å². The van der Waals surface area contributed by atoms with Crippen molar-refractivity contribution in [3.05, 3.63) is 72.9 Å². The molecule has 19 heavy (non-hydrogen) atoms. The molecule has 2 aromatic carbocycles. The van der Waals surface area contributed by atoms with Crippen molar-refractivity contribution in [1.29, 1.82) is 0 Å². The molecule has 0 aliphatic rings. The molecule has 0 saturated carbocycles. The monoisotopic (exact) mass is 248 g/mol. The summed E-state index contributed by atoms with van der Waals surface area (Å²) in [5, 5.41) is 0. The highest BCUT2D eigenvalue weighted by atomic mass is 15.1. The zero-order chi connectivity index (χ0) is 13.1. The Morgan fingerprint density at radius 2 is 1.58 bits per heavy atom. The predicted octanol–water partition coefficient (Wildman–Crippen LogP) is 4.45. The number of hydrogen-bond acceptors (Lipinski definition) is 1. The van der Waals surface area contributed by atoms with Gasteiger partial charge in [-0.15, -0.1) is 0 Å². The van der Waals surface area contributed by atoms with Gasteiger partial charge in [-0.1, -0.05) is 30.3 Å². The molecule has 1 aromatic heterocycles. The molecule has 0 aliphatic carbocycles. The fraction of sp³-hybridized carbons (Fsp3) is 0.0588. The van der Waals surface area contributed by atoms with Crippen molar-refractivity contribution >= 4 is 11.4 Å². The Hall–Kier alpha value is -2.48. The first-order valence-electron chi connectivity index (χ1n) is 6.37. The summed E-state index contributed by atoms with van der Waals surface area (Å²) in [7, 11) is 2.09. The lowest BCUT2D eigenvalue weighted by Gasteiger charge is -2.20. The lowest BCUT2D eigenvalue weighted by Crippen LogP contribution is -2.08. The molecule has 0 atom stereocenters. The van der Waals surface area contributed by atoms with Crippen LogP contribution in [0.4, 0.5) is 11.4 Å². The molecule has 2 nitrogen and oxygen atoms in total. The van der Waals surface area contributed by atoms with E-state index >= 15 is 0 Å². The maximum Gasteiger partial charge on any atom is 0.0454 e. The van der Waals surface area contributed by atoms with Gasteiger partial charge in [-0.3, -0.25) is 0 Å². The summed E-state index contributed by atoms with van der Waals surface area (Å²) in [6, 6.07) is 23.0. The minimum Gasteiger partial charge on any atom is -0.361 e. The lowest BCUT2D eigenvalue weighted by atomic mass is 10.1. The fourth-order valence-electron chi connectivity index (χ4n) is 2.19. The van der Waals surface area contributed by atoms with Crippen LogP contribution in [0.2, 0.25) is 0 Å². The first-order chi connectivity index (χ1) is 9.34. The second-order valence-electron chi connectivity index (χ2n) is 4.53. The van der Waals surface area contributed by atoms with Gasteiger partial charge in [0.15, 0.2) is 0 Å². The molecule has 94 valence electrons. The van der Waals surface area contributed by atoms with Gasteiger partial charge in [0.05, 0.1) is 0 Å². The highest BCUT2D eigenvalue weighted by Crippen LogP contribution is 2.27. The second-order valence-corrected chi connectivity index (χ2v) is 4.53. The summed E-state index contributed by atoms with van der Waals surface area (Å²) in [5.41, 5.74) is 4.71. The van der Waals surface area contributed by atoms with E-state index in [1.54, 1.807) is 0 Å². The fourth-order valence-corrected chi connectivity index (χ4v) is 2.19. The molecular weight excluding hydrogens is 232 g/mol. The summed E-state index contributed by atoms with van der Waals surface area (Å²) in [4.78, 5) is 5.43. The molecule has 3 aromatic rings. The molecule has 3 rings (SSSR count). The first-order valence-corrected chi connectivity index (χ1v) is 6.37. The van der Waals surface area contributed by atoms with Gasteiger partial charge in [-0.05, 0) is 42.0 Å². The maximum atomic E-state index is 3.24. The van der Waals surface area contributed by atoms with Gasteiger partial charge < -0.3 is 9.88 Å². The summed E-state index contributed by atoms with van der Waals surface area (Å²) >= 11 is 0. The normalized spacial score (nSPS) is 10.4. The molecule has 1 N–H and O–H groups in total. The van der Waals surface area contributed by atoms with Crippen LogP contribution in [-0.4, -0.2) is 12.0 Å². The highest BCUT2D eigenvalue weighted by molar-refractivity contribution is 5.70.